The van der Waals surface area contributed by atoms with Gasteiger partial charge >= 0.3 is 0 Å². The number of amides is 1. The molecule has 2 rings (SSSR count). The number of carbonyl (C=O) groups is 1. The maximum absolute atomic E-state index is 11.9. The number of nitro benzene ring substituents is 1. The number of nitrogens with one attached hydrogen (secondary N) is 1. The van der Waals surface area contributed by atoms with E-state index in [1.807, 2.05) is 0 Å². The fraction of sp³-hybridized carbons (Fsp3) is 0.462. The maximum atomic E-state index is 11.9. The largest absolute Gasteiger partial charge is 0.393 e. The van der Waals surface area contributed by atoms with Gasteiger partial charge in [0.15, 0.2) is 0 Å². The molecule has 0 aliphatic heterocycles. The Hall–Kier alpha value is -2.11. The zero-order chi connectivity index (χ0) is 14.0. The molecule has 1 saturated carbocycles. The minimum absolute atomic E-state index is 0.00859. The van der Waals surface area contributed by atoms with Crippen molar-refractivity contribution in [2.45, 2.75) is 26.2 Å². The molecule has 1 amide bonds. The summed E-state index contributed by atoms with van der Waals surface area (Å²) in [7, 11) is 0. The van der Waals surface area contributed by atoms with Gasteiger partial charge in [-0.05, 0) is 36.8 Å². The summed E-state index contributed by atoms with van der Waals surface area (Å²) < 4.78 is 0. The van der Waals surface area contributed by atoms with Crippen molar-refractivity contribution in [2.24, 2.45) is 5.41 Å². The van der Waals surface area contributed by atoms with Crippen molar-refractivity contribution in [3.05, 3.63) is 33.9 Å². The highest BCUT2D eigenvalue weighted by Gasteiger charge is 2.40. The number of hydrogen-bond acceptors (Lipinski definition) is 4. The van der Waals surface area contributed by atoms with Crippen molar-refractivity contribution >= 4 is 17.3 Å². The van der Waals surface area contributed by atoms with Crippen LogP contribution >= 0.6 is 0 Å². The lowest BCUT2D eigenvalue weighted by Gasteiger charge is -2.13. The van der Waals surface area contributed by atoms with Crippen molar-refractivity contribution in [3.8, 4) is 0 Å². The summed E-state index contributed by atoms with van der Waals surface area (Å²) in [6.07, 6.45) is 3.34. The highest BCUT2D eigenvalue weighted by molar-refractivity contribution is 5.95. The van der Waals surface area contributed by atoms with Crippen molar-refractivity contribution in [1.29, 1.82) is 0 Å². The third-order valence-corrected chi connectivity index (χ3v) is 3.82. The highest BCUT2D eigenvalue weighted by atomic mass is 16.6. The first-order chi connectivity index (χ1) is 8.97. The number of carbonyl (C=O) groups excluding carboxylic acids is 1. The molecule has 0 aromatic heterocycles. The Labute approximate surface area is 111 Å². The van der Waals surface area contributed by atoms with Crippen LogP contribution in [-0.2, 0) is 0 Å². The number of benzene rings is 1. The minimum Gasteiger partial charge on any atom is -0.393 e. The first kappa shape index (κ1) is 13.3. The molecular formula is C13H17N3O3. The number of nitrogen functional groups attached to an aromatic ring is 1. The Bertz CT molecular complexity index is 524. The standard InChI is InChI=1S/C13H17N3O3/c1-2-13(5-6-13)8-15-12(17)9-3-4-11(16(18)19)10(14)7-9/h3-4,7H,2,5-6,8,14H2,1H3,(H,15,17). The van der Waals surface area contributed by atoms with Gasteiger partial charge in [0.1, 0.15) is 5.69 Å². The first-order valence-corrected chi connectivity index (χ1v) is 6.29. The molecular weight excluding hydrogens is 246 g/mol. The van der Waals surface area contributed by atoms with Crippen LogP contribution in [0, 0.1) is 15.5 Å². The van der Waals surface area contributed by atoms with Gasteiger partial charge in [-0.25, -0.2) is 0 Å². The smallest absolute Gasteiger partial charge is 0.292 e. The van der Waals surface area contributed by atoms with Gasteiger partial charge in [-0.2, -0.15) is 0 Å². The van der Waals surface area contributed by atoms with E-state index in [4.69, 9.17) is 5.73 Å². The second-order valence-electron chi connectivity index (χ2n) is 5.07. The van der Waals surface area contributed by atoms with Crippen LogP contribution in [0.2, 0.25) is 0 Å². The fourth-order valence-corrected chi connectivity index (χ4v) is 2.06. The van der Waals surface area contributed by atoms with Crippen LogP contribution in [0.5, 0.6) is 0 Å². The summed E-state index contributed by atoms with van der Waals surface area (Å²) in [6, 6.07) is 4.03. The molecule has 1 aliphatic carbocycles. The molecule has 19 heavy (non-hydrogen) atoms. The Morgan fingerprint density at radius 3 is 2.68 bits per heavy atom. The van der Waals surface area contributed by atoms with E-state index in [0.29, 0.717) is 12.1 Å². The van der Waals surface area contributed by atoms with Crippen molar-refractivity contribution in [1.82, 2.24) is 5.32 Å². The third-order valence-electron chi connectivity index (χ3n) is 3.82. The van der Waals surface area contributed by atoms with E-state index in [1.54, 1.807) is 0 Å². The fourth-order valence-electron chi connectivity index (χ4n) is 2.06. The predicted molar refractivity (Wildman–Crippen MR) is 71.8 cm³/mol. The van der Waals surface area contributed by atoms with E-state index in [-0.39, 0.29) is 22.7 Å². The molecule has 1 fully saturated rings. The molecule has 0 saturated heterocycles. The van der Waals surface area contributed by atoms with Gasteiger partial charge in [0.25, 0.3) is 11.6 Å². The molecule has 6 nitrogen and oxygen atoms in total. The monoisotopic (exact) mass is 263 g/mol. The molecule has 0 spiro atoms. The SMILES string of the molecule is CCC1(CNC(=O)c2ccc([N+](=O)[O-])c(N)c2)CC1. The number of hydrogen-bond donors (Lipinski definition) is 2. The Kier molecular flexibility index (Phi) is 3.42. The van der Waals surface area contributed by atoms with Crippen molar-refractivity contribution in [2.75, 3.05) is 12.3 Å². The molecule has 1 aromatic rings. The van der Waals surface area contributed by atoms with Gasteiger partial charge < -0.3 is 11.1 Å². The zero-order valence-electron chi connectivity index (χ0n) is 10.8. The zero-order valence-corrected chi connectivity index (χ0v) is 10.8. The summed E-state index contributed by atoms with van der Waals surface area (Å²) in [6.45, 7) is 2.77. The van der Waals surface area contributed by atoms with Crippen molar-refractivity contribution in [3.63, 3.8) is 0 Å². The van der Waals surface area contributed by atoms with Crippen LogP contribution in [0.25, 0.3) is 0 Å². The molecule has 3 N–H and O–H groups in total. The average molecular weight is 263 g/mol. The molecule has 1 aromatic carbocycles. The number of nitrogens with zero attached hydrogens (tertiary/aromatic N) is 1. The van der Waals surface area contributed by atoms with Gasteiger partial charge in [0, 0.05) is 18.2 Å². The molecule has 0 unspecified atom stereocenters. The van der Waals surface area contributed by atoms with E-state index < -0.39 is 4.92 Å². The van der Waals surface area contributed by atoms with Crippen LogP contribution in [-0.4, -0.2) is 17.4 Å². The van der Waals surface area contributed by atoms with Gasteiger partial charge in [-0.3, -0.25) is 14.9 Å². The molecule has 0 bridgehead atoms. The Balaban J connectivity index is 2.03. The van der Waals surface area contributed by atoms with E-state index in [2.05, 4.69) is 12.2 Å². The molecule has 1 aliphatic rings. The third kappa shape index (κ3) is 2.83. The van der Waals surface area contributed by atoms with Crippen molar-refractivity contribution < 1.29 is 9.72 Å². The minimum atomic E-state index is -0.562. The van der Waals surface area contributed by atoms with Crippen LogP contribution < -0.4 is 11.1 Å². The molecule has 0 heterocycles. The molecule has 102 valence electrons. The second-order valence-corrected chi connectivity index (χ2v) is 5.07. The predicted octanol–water partition coefficient (Wildman–Crippen LogP) is 2.10. The summed E-state index contributed by atoms with van der Waals surface area (Å²) in [5.41, 5.74) is 6.01. The normalized spacial score (nSPS) is 15.8. The van der Waals surface area contributed by atoms with Crippen LogP contribution in [0.15, 0.2) is 18.2 Å². The van der Waals surface area contributed by atoms with Gasteiger partial charge in [0.05, 0.1) is 4.92 Å². The lowest BCUT2D eigenvalue weighted by Crippen LogP contribution is -2.30. The second kappa shape index (κ2) is 4.87. The van der Waals surface area contributed by atoms with Crippen LogP contribution in [0.4, 0.5) is 11.4 Å². The van der Waals surface area contributed by atoms with Gasteiger partial charge in [-0.15, -0.1) is 0 Å². The maximum Gasteiger partial charge on any atom is 0.292 e. The number of anilines is 1. The lowest BCUT2D eigenvalue weighted by atomic mass is 10.0. The van der Waals surface area contributed by atoms with E-state index in [9.17, 15) is 14.9 Å². The molecule has 0 atom stereocenters. The van der Waals surface area contributed by atoms with Gasteiger partial charge in [-0.1, -0.05) is 6.92 Å². The quantitative estimate of drug-likeness (QED) is 0.482. The summed E-state index contributed by atoms with van der Waals surface area (Å²) in [5.74, 6) is -0.235. The van der Waals surface area contributed by atoms with Crippen LogP contribution in [0.1, 0.15) is 36.5 Å². The number of nitro groups is 1. The lowest BCUT2D eigenvalue weighted by molar-refractivity contribution is -0.383. The summed E-state index contributed by atoms with van der Waals surface area (Å²) in [4.78, 5) is 22.0. The number of nitrogens with two attached hydrogens (primary N) is 1. The van der Waals surface area contributed by atoms with Crippen LogP contribution in [0.3, 0.4) is 0 Å². The average Bonchev–Trinajstić information content (AvgIpc) is 3.16. The van der Waals surface area contributed by atoms with E-state index in [1.165, 1.54) is 18.2 Å². The van der Waals surface area contributed by atoms with E-state index >= 15 is 0 Å². The highest BCUT2D eigenvalue weighted by Crippen LogP contribution is 2.47. The first-order valence-electron chi connectivity index (χ1n) is 6.29. The summed E-state index contributed by atoms with van der Waals surface area (Å²) in [5, 5.41) is 13.5. The van der Waals surface area contributed by atoms with Gasteiger partial charge in [0.2, 0.25) is 0 Å². The molecule has 0 radical (unpaired) electrons. The summed E-state index contributed by atoms with van der Waals surface area (Å²) >= 11 is 0. The topological polar surface area (TPSA) is 98.3 Å². The van der Waals surface area contributed by atoms with E-state index in [0.717, 1.165) is 19.3 Å². The molecule has 6 heteroatoms. The Morgan fingerprint density at radius 2 is 2.21 bits per heavy atom. The Morgan fingerprint density at radius 1 is 1.53 bits per heavy atom. The number of rotatable bonds is 5.